The van der Waals surface area contributed by atoms with Crippen molar-refractivity contribution in [1.29, 1.82) is 0 Å². The molecule has 1 unspecified atom stereocenters. The second-order valence-electron chi connectivity index (χ2n) is 8.16. The van der Waals surface area contributed by atoms with E-state index in [0.29, 0.717) is 17.8 Å². The minimum Gasteiger partial charge on any atom is -0.352 e. The maximum absolute atomic E-state index is 13.1. The van der Waals surface area contributed by atoms with Crippen LogP contribution in [0.4, 0.5) is 10.1 Å². The van der Waals surface area contributed by atoms with Gasteiger partial charge in [-0.25, -0.2) is 4.39 Å². The van der Waals surface area contributed by atoms with Gasteiger partial charge in [0.25, 0.3) is 5.91 Å². The highest BCUT2D eigenvalue weighted by atomic mass is 19.1. The Morgan fingerprint density at radius 3 is 2.57 bits per heavy atom. The highest BCUT2D eigenvalue weighted by molar-refractivity contribution is 6.01. The normalized spacial score (nSPS) is 15.9. The maximum Gasteiger partial charge on any atom is 0.253 e. The lowest BCUT2D eigenvalue weighted by molar-refractivity contribution is -0.126. The second-order valence-corrected chi connectivity index (χ2v) is 8.16. The number of hydrogen-bond acceptors (Lipinski definition) is 2. The van der Waals surface area contributed by atoms with E-state index in [1.807, 2.05) is 48.0 Å². The Balaban J connectivity index is 1.35. The molecule has 1 fully saturated rings. The summed E-state index contributed by atoms with van der Waals surface area (Å²) in [5, 5.41) is 5.91. The molecule has 1 atom stereocenters. The van der Waals surface area contributed by atoms with Gasteiger partial charge < -0.3 is 15.0 Å². The first kappa shape index (κ1) is 20.1. The SMILES string of the molecule is CC(C(=O)Nc1ccc(F)cc1)C1(CCNC(=O)c2ccn3ccccc23)CCC1. The number of nitrogens with zero attached hydrogens (tertiary/aromatic N) is 1. The zero-order valence-electron chi connectivity index (χ0n) is 17.0. The largest absolute Gasteiger partial charge is 0.352 e. The van der Waals surface area contributed by atoms with E-state index in [1.165, 1.54) is 12.1 Å². The van der Waals surface area contributed by atoms with Crippen molar-refractivity contribution in [2.24, 2.45) is 11.3 Å². The molecule has 0 saturated heterocycles. The number of benzene rings is 1. The summed E-state index contributed by atoms with van der Waals surface area (Å²) in [5.74, 6) is -0.681. The van der Waals surface area contributed by atoms with Gasteiger partial charge in [-0.15, -0.1) is 0 Å². The molecule has 156 valence electrons. The summed E-state index contributed by atoms with van der Waals surface area (Å²) >= 11 is 0. The third kappa shape index (κ3) is 3.95. The minimum atomic E-state index is -0.330. The number of pyridine rings is 1. The number of anilines is 1. The van der Waals surface area contributed by atoms with Crippen LogP contribution in [-0.4, -0.2) is 22.8 Å². The van der Waals surface area contributed by atoms with Crippen LogP contribution in [0.25, 0.3) is 5.52 Å². The summed E-state index contributed by atoms with van der Waals surface area (Å²) < 4.78 is 15.0. The fraction of sp³-hybridized carbons (Fsp3) is 0.333. The van der Waals surface area contributed by atoms with E-state index in [0.717, 1.165) is 31.2 Å². The molecule has 1 aromatic carbocycles. The van der Waals surface area contributed by atoms with Gasteiger partial charge in [-0.2, -0.15) is 0 Å². The summed E-state index contributed by atoms with van der Waals surface area (Å²) in [6, 6.07) is 13.4. The first-order chi connectivity index (χ1) is 14.5. The summed E-state index contributed by atoms with van der Waals surface area (Å²) in [6.07, 6.45) is 7.57. The van der Waals surface area contributed by atoms with Gasteiger partial charge >= 0.3 is 0 Å². The number of halogens is 1. The van der Waals surface area contributed by atoms with Gasteiger partial charge in [0.05, 0.1) is 11.1 Å². The van der Waals surface area contributed by atoms with Gasteiger partial charge in [0, 0.05) is 30.5 Å². The smallest absolute Gasteiger partial charge is 0.253 e. The predicted octanol–water partition coefficient (Wildman–Crippen LogP) is 4.64. The molecule has 2 aromatic heterocycles. The van der Waals surface area contributed by atoms with E-state index in [2.05, 4.69) is 10.6 Å². The third-order valence-electron chi connectivity index (χ3n) is 6.49. The lowest BCUT2D eigenvalue weighted by Crippen LogP contribution is -2.44. The van der Waals surface area contributed by atoms with Gasteiger partial charge in [0.2, 0.25) is 5.91 Å². The number of rotatable bonds is 7. The van der Waals surface area contributed by atoms with Crippen molar-refractivity contribution in [1.82, 2.24) is 9.72 Å². The van der Waals surface area contributed by atoms with Crippen LogP contribution in [0.1, 0.15) is 43.0 Å². The van der Waals surface area contributed by atoms with Crippen molar-refractivity contribution in [2.75, 3.05) is 11.9 Å². The molecular formula is C24H26FN3O2. The summed E-state index contributed by atoms with van der Waals surface area (Å²) in [5.41, 5.74) is 2.01. The van der Waals surface area contributed by atoms with Crippen molar-refractivity contribution in [3.05, 3.63) is 72.3 Å². The lowest BCUT2D eigenvalue weighted by atomic mass is 9.59. The monoisotopic (exact) mass is 407 g/mol. The molecule has 30 heavy (non-hydrogen) atoms. The van der Waals surface area contributed by atoms with Gasteiger partial charge in [0.15, 0.2) is 0 Å². The molecule has 2 amide bonds. The summed E-state index contributed by atoms with van der Waals surface area (Å²) in [4.78, 5) is 25.4. The van der Waals surface area contributed by atoms with Gasteiger partial charge in [-0.05, 0) is 67.1 Å². The molecule has 0 spiro atoms. The zero-order valence-corrected chi connectivity index (χ0v) is 17.0. The van der Waals surface area contributed by atoms with Crippen LogP contribution in [0.3, 0.4) is 0 Å². The van der Waals surface area contributed by atoms with E-state index in [-0.39, 0.29) is 29.0 Å². The second kappa shape index (κ2) is 8.30. The number of carbonyl (C=O) groups is 2. The fourth-order valence-corrected chi connectivity index (χ4v) is 4.36. The van der Waals surface area contributed by atoms with Crippen molar-refractivity contribution in [2.45, 2.75) is 32.6 Å². The molecule has 0 aliphatic heterocycles. The molecule has 5 nitrogen and oxygen atoms in total. The zero-order chi connectivity index (χ0) is 21.1. The van der Waals surface area contributed by atoms with Crippen molar-refractivity contribution < 1.29 is 14.0 Å². The molecule has 1 aliphatic carbocycles. The average Bonchev–Trinajstić information content (AvgIpc) is 3.15. The molecular weight excluding hydrogens is 381 g/mol. The Kier molecular flexibility index (Phi) is 5.57. The first-order valence-electron chi connectivity index (χ1n) is 10.4. The quantitative estimate of drug-likeness (QED) is 0.599. The van der Waals surface area contributed by atoms with Crippen LogP contribution in [0, 0.1) is 17.2 Å². The van der Waals surface area contributed by atoms with E-state index >= 15 is 0 Å². The highest BCUT2D eigenvalue weighted by Gasteiger charge is 2.44. The van der Waals surface area contributed by atoms with Gasteiger partial charge in [0.1, 0.15) is 5.82 Å². The van der Waals surface area contributed by atoms with Crippen LogP contribution in [0.15, 0.2) is 60.9 Å². The standard InChI is InChI=1S/C24H26FN3O2/c1-17(22(29)27-19-8-6-18(25)7-9-19)24(11-4-12-24)13-14-26-23(30)20-10-16-28-15-3-2-5-21(20)28/h2-3,5-10,15-17H,4,11-14H2,1H3,(H,26,30)(H,27,29). The summed E-state index contributed by atoms with van der Waals surface area (Å²) in [7, 11) is 0. The number of aromatic nitrogens is 1. The Hall–Kier alpha value is -3.15. The number of fused-ring (bicyclic) bond motifs is 1. The van der Waals surface area contributed by atoms with Gasteiger partial charge in [-0.3, -0.25) is 9.59 Å². The Morgan fingerprint density at radius 2 is 1.87 bits per heavy atom. The van der Waals surface area contributed by atoms with Crippen LogP contribution in [0.5, 0.6) is 0 Å². The molecule has 2 N–H and O–H groups in total. The molecule has 6 heteroatoms. The van der Waals surface area contributed by atoms with E-state index in [9.17, 15) is 14.0 Å². The van der Waals surface area contributed by atoms with Crippen LogP contribution >= 0.6 is 0 Å². The molecule has 1 saturated carbocycles. The topological polar surface area (TPSA) is 62.6 Å². The molecule has 2 heterocycles. The first-order valence-corrected chi connectivity index (χ1v) is 10.4. The number of hydrogen-bond donors (Lipinski definition) is 2. The average molecular weight is 407 g/mol. The number of amides is 2. The van der Waals surface area contributed by atoms with Crippen molar-refractivity contribution in [3.8, 4) is 0 Å². The molecule has 0 radical (unpaired) electrons. The Morgan fingerprint density at radius 1 is 1.10 bits per heavy atom. The summed E-state index contributed by atoms with van der Waals surface area (Å²) in [6.45, 7) is 2.47. The lowest BCUT2D eigenvalue weighted by Gasteiger charge is -2.46. The third-order valence-corrected chi connectivity index (χ3v) is 6.49. The van der Waals surface area contributed by atoms with Crippen molar-refractivity contribution in [3.63, 3.8) is 0 Å². The number of nitrogens with one attached hydrogen (secondary N) is 2. The van der Waals surface area contributed by atoms with Crippen LogP contribution in [0.2, 0.25) is 0 Å². The molecule has 3 aromatic rings. The van der Waals surface area contributed by atoms with Crippen LogP contribution in [-0.2, 0) is 4.79 Å². The Labute approximate surface area is 175 Å². The molecule has 0 bridgehead atoms. The predicted molar refractivity (Wildman–Crippen MR) is 115 cm³/mol. The van der Waals surface area contributed by atoms with Gasteiger partial charge in [-0.1, -0.05) is 19.4 Å². The highest BCUT2D eigenvalue weighted by Crippen LogP contribution is 2.50. The number of carbonyl (C=O) groups excluding carboxylic acids is 2. The molecule has 4 rings (SSSR count). The van der Waals surface area contributed by atoms with Crippen LogP contribution < -0.4 is 10.6 Å². The Bertz CT molecular complexity index is 1050. The minimum absolute atomic E-state index is 0.0638. The van der Waals surface area contributed by atoms with E-state index in [4.69, 9.17) is 0 Å². The molecule has 1 aliphatic rings. The fourth-order valence-electron chi connectivity index (χ4n) is 4.36. The van der Waals surface area contributed by atoms with E-state index in [1.54, 1.807) is 12.1 Å². The van der Waals surface area contributed by atoms with Crippen molar-refractivity contribution >= 4 is 23.0 Å². The maximum atomic E-state index is 13.1. The van der Waals surface area contributed by atoms with E-state index < -0.39 is 0 Å².